The summed E-state index contributed by atoms with van der Waals surface area (Å²) < 4.78 is 25.0. The van der Waals surface area contributed by atoms with E-state index in [9.17, 15) is 23.6 Å². The Kier molecular flexibility index (Phi) is 5.90. The van der Waals surface area contributed by atoms with Crippen LogP contribution in [0.4, 0.5) is 20.6 Å². The van der Waals surface area contributed by atoms with Gasteiger partial charge >= 0.3 is 12.1 Å². The van der Waals surface area contributed by atoms with Crippen molar-refractivity contribution in [2.24, 2.45) is 5.92 Å². The van der Waals surface area contributed by atoms with Crippen LogP contribution in [0.25, 0.3) is 0 Å². The molecule has 0 spiro atoms. The number of benzene rings is 1. The number of rotatable bonds is 6. The van der Waals surface area contributed by atoms with Crippen LogP contribution < -0.4 is 15.1 Å². The van der Waals surface area contributed by atoms with Crippen molar-refractivity contribution in [1.82, 2.24) is 10.2 Å². The maximum absolute atomic E-state index is 15.0. The topological polar surface area (TPSA) is 108 Å². The number of esters is 1. The minimum atomic E-state index is -0.589. The van der Waals surface area contributed by atoms with Gasteiger partial charge in [0.25, 0.3) is 5.91 Å². The monoisotopic (exact) mass is 448 g/mol. The molecule has 3 aliphatic heterocycles. The lowest BCUT2D eigenvalue weighted by Crippen LogP contribution is -2.56. The van der Waals surface area contributed by atoms with E-state index in [-0.39, 0.29) is 43.5 Å². The minimum absolute atomic E-state index is 0.00424. The van der Waals surface area contributed by atoms with Gasteiger partial charge in [-0.3, -0.25) is 19.3 Å². The highest BCUT2D eigenvalue weighted by atomic mass is 19.1. The van der Waals surface area contributed by atoms with E-state index < -0.39 is 24.0 Å². The number of anilines is 2. The largest absolute Gasteiger partial charge is 0.456 e. The molecule has 0 radical (unpaired) electrons. The molecular weight excluding hydrogens is 423 g/mol. The molecule has 0 bridgehead atoms. The molecular formula is C21H25FN4O6. The molecule has 3 fully saturated rings. The quantitative estimate of drug-likeness (QED) is 0.632. The first kappa shape index (κ1) is 21.8. The zero-order valence-electron chi connectivity index (χ0n) is 17.9. The molecule has 4 rings (SSSR count). The Bertz CT molecular complexity index is 956. The average molecular weight is 448 g/mol. The molecule has 0 aromatic heterocycles. The number of amides is 3. The Balaban J connectivity index is 1.38. The van der Waals surface area contributed by atoms with Crippen LogP contribution in [0.15, 0.2) is 18.2 Å². The lowest BCUT2D eigenvalue weighted by atomic mass is 9.91. The summed E-state index contributed by atoms with van der Waals surface area (Å²) in [6, 6.07) is 4.57. The van der Waals surface area contributed by atoms with Crippen molar-refractivity contribution < 1.29 is 33.0 Å². The van der Waals surface area contributed by atoms with Crippen LogP contribution in [0.1, 0.15) is 13.8 Å². The molecule has 3 aliphatic rings. The molecule has 172 valence electrons. The summed E-state index contributed by atoms with van der Waals surface area (Å²) in [5, 5.41) is 2.60. The number of ether oxygens (including phenoxy) is 2. The third-order valence-corrected chi connectivity index (χ3v) is 5.99. The number of cyclic esters (lactones) is 1. The Morgan fingerprint density at radius 2 is 1.97 bits per heavy atom. The second-order valence-electron chi connectivity index (χ2n) is 8.25. The van der Waals surface area contributed by atoms with Gasteiger partial charge in [-0.25, -0.2) is 9.18 Å². The predicted octanol–water partition coefficient (Wildman–Crippen LogP) is 0.497. The van der Waals surface area contributed by atoms with Gasteiger partial charge in [0, 0.05) is 39.4 Å². The predicted molar refractivity (Wildman–Crippen MR) is 111 cm³/mol. The fourth-order valence-electron chi connectivity index (χ4n) is 4.36. The molecule has 0 aliphatic carbocycles. The van der Waals surface area contributed by atoms with Crippen molar-refractivity contribution in [3.8, 4) is 0 Å². The van der Waals surface area contributed by atoms with E-state index in [1.807, 2.05) is 4.90 Å². The van der Waals surface area contributed by atoms with Crippen LogP contribution in [-0.4, -0.2) is 80.3 Å². The standard InChI is InChI=1S/C21H25FN4O6/c1-12(27)23-6-16-9-25(21(30)32-16)15-3-4-18(17(22)5-15)26-8-14-7-24(10-19(14)26)20(29)11-31-13(2)28/h3-5,14,16,19H,6-11H2,1-2H3,(H,23,27). The zero-order valence-corrected chi connectivity index (χ0v) is 17.9. The third kappa shape index (κ3) is 4.32. The normalized spacial score (nSPS) is 24.0. The molecule has 3 amide bonds. The van der Waals surface area contributed by atoms with Gasteiger partial charge in [-0.1, -0.05) is 0 Å². The highest BCUT2D eigenvalue weighted by molar-refractivity contribution is 5.90. The number of carbonyl (C=O) groups excluding carboxylic acids is 4. The van der Waals surface area contributed by atoms with Crippen LogP contribution in [-0.2, 0) is 23.9 Å². The van der Waals surface area contributed by atoms with Crippen molar-refractivity contribution in [3.63, 3.8) is 0 Å². The van der Waals surface area contributed by atoms with Gasteiger partial charge in [0.15, 0.2) is 6.61 Å². The molecule has 0 saturated carbocycles. The number of fused-ring (bicyclic) bond motifs is 1. The summed E-state index contributed by atoms with van der Waals surface area (Å²) >= 11 is 0. The molecule has 32 heavy (non-hydrogen) atoms. The van der Waals surface area contributed by atoms with Gasteiger partial charge in [-0.15, -0.1) is 0 Å². The Morgan fingerprint density at radius 3 is 2.66 bits per heavy atom. The zero-order chi connectivity index (χ0) is 23.0. The highest BCUT2D eigenvalue weighted by Gasteiger charge is 2.47. The molecule has 1 aromatic carbocycles. The number of likely N-dealkylation sites (tertiary alicyclic amines) is 1. The number of halogens is 1. The van der Waals surface area contributed by atoms with E-state index in [2.05, 4.69) is 5.32 Å². The molecule has 11 heteroatoms. The van der Waals surface area contributed by atoms with Gasteiger partial charge < -0.3 is 24.6 Å². The minimum Gasteiger partial charge on any atom is -0.456 e. The summed E-state index contributed by atoms with van der Waals surface area (Å²) in [5.41, 5.74) is 0.787. The number of carbonyl (C=O) groups is 4. The number of hydrogen-bond acceptors (Lipinski definition) is 7. The van der Waals surface area contributed by atoms with Gasteiger partial charge in [0.2, 0.25) is 5.91 Å². The van der Waals surface area contributed by atoms with Gasteiger partial charge in [-0.2, -0.15) is 0 Å². The second-order valence-corrected chi connectivity index (χ2v) is 8.25. The first-order chi connectivity index (χ1) is 15.2. The van der Waals surface area contributed by atoms with E-state index in [0.29, 0.717) is 31.0 Å². The average Bonchev–Trinajstić information content (AvgIpc) is 3.26. The molecule has 1 aromatic rings. The van der Waals surface area contributed by atoms with Crippen molar-refractivity contribution in [3.05, 3.63) is 24.0 Å². The van der Waals surface area contributed by atoms with Crippen LogP contribution in [0.3, 0.4) is 0 Å². The SMILES string of the molecule is CC(=O)NCC1CN(c2ccc(N3CC4CN(C(=O)COC(C)=O)CC43)c(F)c2)C(=O)O1. The lowest BCUT2D eigenvalue weighted by Gasteiger charge is -2.45. The fourth-order valence-corrected chi connectivity index (χ4v) is 4.36. The van der Waals surface area contributed by atoms with Crippen LogP contribution in [0.2, 0.25) is 0 Å². The van der Waals surface area contributed by atoms with Crippen molar-refractivity contribution in [1.29, 1.82) is 0 Å². The van der Waals surface area contributed by atoms with Gasteiger partial charge in [-0.05, 0) is 18.2 Å². The second kappa shape index (κ2) is 8.64. The van der Waals surface area contributed by atoms with E-state index in [0.717, 1.165) is 0 Å². The van der Waals surface area contributed by atoms with Crippen LogP contribution >= 0.6 is 0 Å². The van der Waals surface area contributed by atoms with Crippen LogP contribution in [0.5, 0.6) is 0 Å². The highest BCUT2D eigenvalue weighted by Crippen LogP contribution is 2.39. The Hall–Kier alpha value is -3.37. The summed E-state index contributed by atoms with van der Waals surface area (Å²) in [5.74, 6) is -1.22. The van der Waals surface area contributed by atoms with E-state index in [4.69, 9.17) is 9.47 Å². The van der Waals surface area contributed by atoms with Gasteiger partial charge in [0.05, 0.1) is 30.5 Å². The van der Waals surface area contributed by atoms with E-state index in [1.54, 1.807) is 17.0 Å². The molecule has 1 N–H and O–H groups in total. The molecule has 3 atom stereocenters. The summed E-state index contributed by atoms with van der Waals surface area (Å²) in [6.07, 6.45) is -1.09. The number of hydrogen-bond donors (Lipinski definition) is 1. The molecule has 3 unspecified atom stereocenters. The smallest absolute Gasteiger partial charge is 0.414 e. The lowest BCUT2D eigenvalue weighted by molar-refractivity contribution is -0.149. The fraction of sp³-hybridized carbons (Fsp3) is 0.524. The summed E-state index contributed by atoms with van der Waals surface area (Å²) in [4.78, 5) is 51.2. The Labute approximate surface area is 184 Å². The molecule has 3 heterocycles. The maximum Gasteiger partial charge on any atom is 0.414 e. The van der Waals surface area contributed by atoms with Gasteiger partial charge in [0.1, 0.15) is 11.9 Å². The van der Waals surface area contributed by atoms with Crippen molar-refractivity contribution in [2.45, 2.75) is 26.0 Å². The molecule has 3 saturated heterocycles. The molecule has 10 nitrogen and oxygen atoms in total. The van der Waals surface area contributed by atoms with E-state index >= 15 is 0 Å². The van der Waals surface area contributed by atoms with E-state index in [1.165, 1.54) is 24.8 Å². The Morgan fingerprint density at radius 1 is 1.19 bits per heavy atom. The first-order valence-corrected chi connectivity index (χ1v) is 10.4. The number of nitrogens with zero attached hydrogens (tertiary/aromatic N) is 3. The van der Waals surface area contributed by atoms with Crippen molar-refractivity contribution in [2.75, 3.05) is 49.1 Å². The maximum atomic E-state index is 15.0. The number of nitrogens with one attached hydrogen (secondary N) is 1. The van der Waals surface area contributed by atoms with Crippen LogP contribution in [0, 0.1) is 11.7 Å². The summed E-state index contributed by atoms with van der Waals surface area (Å²) in [6.45, 7) is 4.36. The third-order valence-electron chi connectivity index (χ3n) is 5.99. The summed E-state index contributed by atoms with van der Waals surface area (Å²) in [7, 11) is 0. The first-order valence-electron chi connectivity index (χ1n) is 10.4. The van der Waals surface area contributed by atoms with Crippen molar-refractivity contribution >= 4 is 35.3 Å².